The Bertz CT molecular complexity index is 3500. The molecule has 2 aromatic heterocycles. The predicted octanol–water partition coefficient (Wildman–Crippen LogP) is 12.6. The van der Waals surface area contributed by atoms with Crippen LogP contribution in [0.4, 0.5) is 0 Å². The second-order valence-electron chi connectivity index (χ2n) is 16.4. The van der Waals surface area contributed by atoms with Gasteiger partial charge >= 0.3 is 0 Å². The lowest BCUT2D eigenvalue weighted by molar-refractivity contribution is 1.13. The summed E-state index contributed by atoms with van der Waals surface area (Å²) in [6, 6.07) is 94.3. The van der Waals surface area contributed by atoms with Gasteiger partial charge in [0, 0.05) is 27.2 Å². The first kappa shape index (κ1) is 36.8. The third-order valence-electron chi connectivity index (χ3n) is 13.1. The Kier molecular flexibility index (Phi) is 8.87. The summed E-state index contributed by atoms with van der Waals surface area (Å²) in [6.45, 7) is 0. The van der Waals surface area contributed by atoms with Crippen LogP contribution in [0.3, 0.4) is 0 Å². The van der Waals surface area contributed by atoms with Crippen molar-refractivity contribution in [3.8, 4) is 33.6 Å². The molecule has 0 radical (unpaired) electrons. The lowest BCUT2D eigenvalue weighted by atomic mass is 9.99. The molecule has 0 spiro atoms. The van der Waals surface area contributed by atoms with Crippen LogP contribution in [0.5, 0.6) is 0 Å². The van der Waals surface area contributed by atoms with E-state index in [1.165, 1.54) is 86.6 Å². The van der Waals surface area contributed by atoms with Crippen molar-refractivity contribution in [3.05, 3.63) is 255 Å². The first-order chi connectivity index (χ1) is 31.3. The first-order valence-corrected chi connectivity index (χ1v) is 23.8. The Morgan fingerprint density at radius 2 is 0.810 bits per heavy atom. The van der Waals surface area contributed by atoms with E-state index in [0.717, 1.165) is 11.4 Å². The second kappa shape index (κ2) is 15.2. The van der Waals surface area contributed by atoms with Gasteiger partial charge in [-0.3, -0.25) is 0 Å². The molecule has 12 rings (SSSR count). The van der Waals surface area contributed by atoms with Gasteiger partial charge in [-0.2, -0.15) is 0 Å². The Morgan fingerprint density at radius 1 is 0.286 bits per heavy atom. The highest BCUT2D eigenvalue weighted by Gasteiger charge is 2.41. The van der Waals surface area contributed by atoms with E-state index >= 15 is 0 Å². The van der Waals surface area contributed by atoms with Gasteiger partial charge in [0.15, 0.2) is 8.07 Å². The van der Waals surface area contributed by atoms with Crippen molar-refractivity contribution in [2.24, 2.45) is 0 Å². The van der Waals surface area contributed by atoms with E-state index < -0.39 is 8.07 Å². The molecule has 2 heterocycles. The van der Waals surface area contributed by atoms with Gasteiger partial charge < -0.3 is 9.13 Å². The van der Waals surface area contributed by atoms with Crippen LogP contribution in [0, 0.1) is 0 Å². The van der Waals surface area contributed by atoms with Crippen molar-refractivity contribution in [2.75, 3.05) is 0 Å². The normalized spacial score (nSPS) is 11.8. The maximum atomic E-state index is 2.57. The fourth-order valence-corrected chi connectivity index (χ4v) is 15.2. The van der Waals surface area contributed by atoms with Crippen molar-refractivity contribution in [3.63, 3.8) is 0 Å². The molecule has 0 fully saturated rings. The minimum atomic E-state index is -2.87. The summed E-state index contributed by atoms with van der Waals surface area (Å²) in [4.78, 5) is 0. The van der Waals surface area contributed by atoms with Crippen LogP contribution in [-0.2, 0) is 0 Å². The van der Waals surface area contributed by atoms with E-state index in [1.54, 1.807) is 0 Å². The maximum absolute atomic E-state index is 2.87. The van der Waals surface area contributed by atoms with Crippen molar-refractivity contribution in [2.45, 2.75) is 0 Å². The monoisotopic (exact) mass is 818 g/mol. The van der Waals surface area contributed by atoms with Gasteiger partial charge in [0.1, 0.15) is 0 Å². The van der Waals surface area contributed by atoms with E-state index in [-0.39, 0.29) is 0 Å². The van der Waals surface area contributed by atoms with E-state index in [1.807, 2.05) is 0 Å². The van der Waals surface area contributed by atoms with Crippen molar-refractivity contribution in [1.29, 1.82) is 0 Å². The van der Waals surface area contributed by atoms with Gasteiger partial charge in [-0.15, -0.1) is 0 Å². The van der Waals surface area contributed by atoms with Crippen molar-refractivity contribution >= 4 is 72.4 Å². The van der Waals surface area contributed by atoms with Crippen LogP contribution in [-0.4, -0.2) is 17.2 Å². The maximum Gasteiger partial charge on any atom is 0.179 e. The largest absolute Gasteiger partial charge is 0.307 e. The first-order valence-electron chi connectivity index (χ1n) is 21.8. The van der Waals surface area contributed by atoms with Gasteiger partial charge in [0.25, 0.3) is 0 Å². The number of hydrogen-bond donors (Lipinski definition) is 0. The summed E-state index contributed by atoms with van der Waals surface area (Å²) in [7, 11) is -2.87. The number of rotatable bonds is 8. The van der Waals surface area contributed by atoms with Gasteiger partial charge in [0.05, 0.1) is 27.8 Å². The lowest BCUT2D eigenvalue weighted by Gasteiger charge is -2.34. The van der Waals surface area contributed by atoms with Gasteiger partial charge in [-0.05, 0) is 79.4 Å². The third-order valence-corrected chi connectivity index (χ3v) is 17.8. The number of para-hydroxylation sites is 2. The molecule has 2 nitrogen and oxygen atoms in total. The van der Waals surface area contributed by atoms with E-state index in [2.05, 4.69) is 264 Å². The summed E-state index contributed by atoms with van der Waals surface area (Å²) in [5.41, 5.74) is 11.8. The van der Waals surface area contributed by atoms with E-state index in [4.69, 9.17) is 0 Å². The fourth-order valence-electron chi connectivity index (χ4n) is 10.4. The Hall–Kier alpha value is -7.98. The summed E-state index contributed by atoms with van der Waals surface area (Å²) >= 11 is 0. The van der Waals surface area contributed by atoms with Crippen LogP contribution >= 0.6 is 0 Å². The number of benzene rings is 10. The summed E-state index contributed by atoms with van der Waals surface area (Å²) in [6.07, 6.45) is 0. The van der Waals surface area contributed by atoms with Crippen LogP contribution in [0.2, 0.25) is 0 Å². The molecule has 0 atom stereocenters. The molecule has 0 aliphatic rings. The van der Waals surface area contributed by atoms with Gasteiger partial charge in [-0.1, -0.05) is 218 Å². The highest BCUT2D eigenvalue weighted by atomic mass is 28.3. The summed E-state index contributed by atoms with van der Waals surface area (Å²) in [5, 5.41) is 10.3. The smallest absolute Gasteiger partial charge is 0.179 e. The second-order valence-corrected chi connectivity index (χ2v) is 20.2. The zero-order chi connectivity index (χ0) is 41.7. The topological polar surface area (TPSA) is 9.86 Å². The third kappa shape index (κ3) is 5.85. The molecule has 0 N–H and O–H groups in total. The van der Waals surface area contributed by atoms with E-state index in [0.29, 0.717) is 0 Å². The Balaban J connectivity index is 1.23. The van der Waals surface area contributed by atoms with Crippen LogP contribution in [0.1, 0.15) is 0 Å². The van der Waals surface area contributed by atoms with Crippen molar-refractivity contribution in [1.82, 2.24) is 9.13 Å². The zero-order valence-electron chi connectivity index (χ0n) is 34.6. The fraction of sp³-hybridized carbons (Fsp3) is 0. The average Bonchev–Trinajstić information content (AvgIpc) is 3.89. The minimum Gasteiger partial charge on any atom is -0.307 e. The van der Waals surface area contributed by atoms with Crippen LogP contribution in [0.25, 0.3) is 77.2 Å². The van der Waals surface area contributed by atoms with Gasteiger partial charge in [-0.25, -0.2) is 0 Å². The van der Waals surface area contributed by atoms with Crippen molar-refractivity contribution < 1.29 is 0 Å². The number of aromatic nitrogens is 2. The lowest BCUT2D eigenvalue weighted by Crippen LogP contribution is -2.74. The summed E-state index contributed by atoms with van der Waals surface area (Å²) in [5.74, 6) is 0. The average molecular weight is 819 g/mol. The molecule has 12 aromatic rings. The number of fused-ring (bicyclic) bond motifs is 6. The highest BCUT2D eigenvalue weighted by molar-refractivity contribution is 7.20. The molecule has 3 heteroatoms. The SMILES string of the molecule is c1ccc(-c2cccc(-n3c4ccccc4c4cccc(-n5c6cc([Si](c7ccccc7)(c7ccccc7)c7ccccc7)ccc6c6c(-c7ccccc7)cccc65)c43)c2)cc1. The molecule has 0 saturated carbocycles. The molecule has 0 aliphatic carbocycles. The number of nitrogens with zero attached hydrogens (tertiary/aromatic N) is 2. The standard InChI is InChI=1S/C60H42N2Si/c1-6-21-43(22-7-1)45-25-18-26-46(41-45)61-55-36-17-16-33-52(55)53-35-20-38-57(60(53)61)62-56-37-19-34-51(44-23-8-2-9-24-44)59(56)54-40-39-50(42-58(54)62)63(47-27-10-3-11-28-47,48-29-12-4-13-30-48)49-31-14-5-15-32-49/h1-42H. The molecule has 0 bridgehead atoms. The predicted molar refractivity (Wildman–Crippen MR) is 270 cm³/mol. The summed E-state index contributed by atoms with van der Waals surface area (Å²) < 4.78 is 5.06. The number of hydrogen-bond acceptors (Lipinski definition) is 0. The molecule has 0 saturated heterocycles. The quantitative estimate of drug-likeness (QED) is 0.107. The highest BCUT2D eigenvalue weighted by Crippen LogP contribution is 2.42. The van der Waals surface area contributed by atoms with E-state index in [9.17, 15) is 0 Å². The molecule has 0 unspecified atom stereocenters. The molecular weight excluding hydrogens is 777 g/mol. The van der Waals surface area contributed by atoms with Crippen LogP contribution in [0.15, 0.2) is 255 Å². The van der Waals surface area contributed by atoms with Crippen LogP contribution < -0.4 is 20.7 Å². The Morgan fingerprint density at radius 3 is 1.48 bits per heavy atom. The van der Waals surface area contributed by atoms with Gasteiger partial charge in [0.2, 0.25) is 0 Å². The minimum absolute atomic E-state index is 1.13. The molecule has 0 aliphatic heterocycles. The Labute approximate surface area is 368 Å². The molecule has 0 amide bonds. The zero-order valence-corrected chi connectivity index (χ0v) is 35.6. The molecule has 10 aromatic carbocycles. The molecule has 296 valence electrons. The molecular formula is C60H42N2Si. The molecule has 63 heavy (non-hydrogen) atoms.